The molecular formula is C11H10AcN3O2S-. The molecule has 0 saturated heterocycles. The number of hydrogen-bond acceptors (Lipinski definition) is 3. The molecule has 0 aliphatic rings. The molecule has 0 aliphatic heterocycles. The first-order valence-corrected chi connectivity index (χ1v) is 6.32. The third kappa shape index (κ3) is 3.94. The van der Waals surface area contributed by atoms with Gasteiger partial charge in [0, 0.05) is 50.3 Å². The van der Waals surface area contributed by atoms with Crippen molar-refractivity contribution in [2.45, 2.75) is 4.90 Å². The van der Waals surface area contributed by atoms with Crippen LogP contribution in [-0.2, 0) is 10.0 Å². The van der Waals surface area contributed by atoms with Crippen LogP contribution in [0.25, 0.3) is 5.73 Å². The molecular weight excluding hydrogens is 465 g/mol. The molecule has 0 spiro atoms. The van der Waals surface area contributed by atoms with E-state index in [-0.39, 0.29) is 60.5 Å². The third-order valence-corrected chi connectivity index (χ3v) is 3.44. The van der Waals surface area contributed by atoms with Crippen molar-refractivity contribution in [3.63, 3.8) is 0 Å². The molecule has 0 atom stereocenters. The van der Waals surface area contributed by atoms with Crippen molar-refractivity contribution < 1.29 is 52.5 Å². The Kier molecular flexibility index (Phi) is 5.57. The van der Waals surface area contributed by atoms with Gasteiger partial charge in [0.05, 0.1) is 4.90 Å². The van der Waals surface area contributed by atoms with Gasteiger partial charge in [0.2, 0.25) is 0 Å². The van der Waals surface area contributed by atoms with E-state index in [1.54, 1.807) is 18.2 Å². The van der Waals surface area contributed by atoms with Gasteiger partial charge in [0.25, 0.3) is 10.0 Å². The predicted octanol–water partition coefficient (Wildman–Crippen LogP) is 2.57. The van der Waals surface area contributed by atoms with Gasteiger partial charge in [-0.25, -0.2) is 13.4 Å². The fourth-order valence-corrected chi connectivity index (χ4v) is 2.26. The minimum Gasteiger partial charge on any atom is -0.699 e. The molecule has 1 aromatic carbocycles. The smallest absolute Gasteiger partial charge is 0.263 e. The van der Waals surface area contributed by atoms with E-state index in [0.717, 1.165) is 0 Å². The van der Waals surface area contributed by atoms with E-state index in [1.165, 1.54) is 30.5 Å². The summed E-state index contributed by atoms with van der Waals surface area (Å²) in [5.74, 6) is 0.266. The van der Waals surface area contributed by atoms with Gasteiger partial charge in [-0.15, -0.1) is 5.69 Å². The molecule has 0 bridgehead atoms. The van der Waals surface area contributed by atoms with Crippen LogP contribution in [0.1, 0.15) is 0 Å². The second kappa shape index (κ2) is 6.51. The number of rotatable bonds is 3. The molecule has 5 nitrogen and oxygen atoms in total. The first-order valence-electron chi connectivity index (χ1n) is 4.83. The van der Waals surface area contributed by atoms with Gasteiger partial charge in [-0.2, -0.15) is 0 Å². The topological polar surface area (TPSA) is 82.9 Å². The number of nitrogens with zero attached hydrogens (tertiary/aromatic N) is 1. The van der Waals surface area contributed by atoms with Crippen LogP contribution in [0.5, 0.6) is 0 Å². The Bertz CT molecular complexity index is 600. The number of pyridine rings is 1. The van der Waals surface area contributed by atoms with Gasteiger partial charge in [0.1, 0.15) is 5.82 Å². The van der Waals surface area contributed by atoms with Crippen LogP contribution in [0.4, 0.5) is 11.5 Å². The van der Waals surface area contributed by atoms with Crippen LogP contribution in [0.2, 0.25) is 0 Å². The number of hydrogen-bond donors (Lipinski definition) is 1. The zero-order chi connectivity index (χ0) is 12.3. The van der Waals surface area contributed by atoms with Crippen LogP contribution < -0.4 is 4.72 Å². The van der Waals surface area contributed by atoms with Gasteiger partial charge in [-0.1, -0.05) is 18.2 Å². The maximum Gasteiger partial charge on any atom is 0.263 e. The quantitative estimate of drug-likeness (QED) is 0.741. The molecule has 2 N–H and O–H groups in total. The standard InChI is InChI=1S/C11H10N3O2S.Ac/c12-9-4-6-10(7-5-9)17(15,16)14-11-3-1-2-8-13-11;/h1-8,12H,(H,13,14);/q-1;. The molecule has 0 fully saturated rings. The van der Waals surface area contributed by atoms with Crippen molar-refractivity contribution in [2.24, 2.45) is 0 Å². The van der Waals surface area contributed by atoms with E-state index in [9.17, 15) is 8.42 Å². The second-order valence-electron chi connectivity index (χ2n) is 3.34. The molecule has 18 heavy (non-hydrogen) atoms. The minimum atomic E-state index is -3.63. The van der Waals surface area contributed by atoms with Gasteiger partial charge in [-0.3, -0.25) is 4.72 Å². The average Bonchev–Trinajstić information content (AvgIpc) is 2.30. The number of nitrogens with one attached hydrogen (secondary N) is 2. The summed E-state index contributed by atoms with van der Waals surface area (Å²) in [7, 11) is -3.63. The molecule has 91 valence electrons. The van der Waals surface area contributed by atoms with E-state index in [1.807, 2.05) is 0 Å². The van der Waals surface area contributed by atoms with Crippen molar-refractivity contribution in [3.8, 4) is 0 Å². The second-order valence-corrected chi connectivity index (χ2v) is 5.03. The van der Waals surface area contributed by atoms with E-state index in [2.05, 4.69) is 9.71 Å². The number of anilines is 1. The molecule has 2 rings (SSSR count). The van der Waals surface area contributed by atoms with Crippen molar-refractivity contribution in [3.05, 3.63) is 54.4 Å². The molecule has 1 radical (unpaired) electrons. The molecule has 1 heterocycles. The Morgan fingerprint density at radius 1 is 1.06 bits per heavy atom. The van der Waals surface area contributed by atoms with E-state index < -0.39 is 10.0 Å². The van der Waals surface area contributed by atoms with E-state index in [0.29, 0.717) is 0 Å². The molecule has 0 amide bonds. The predicted molar refractivity (Wildman–Crippen MR) is 65.5 cm³/mol. The van der Waals surface area contributed by atoms with Gasteiger partial charge in [0.15, 0.2) is 0 Å². The summed E-state index contributed by atoms with van der Waals surface area (Å²) in [6.07, 6.45) is 1.50. The van der Waals surface area contributed by atoms with Crippen molar-refractivity contribution >= 4 is 21.5 Å². The summed E-state index contributed by atoms with van der Waals surface area (Å²) in [6.45, 7) is 0. The fraction of sp³-hybridized carbons (Fsp3) is 0. The zero-order valence-electron chi connectivity index (χ0n) is 9.37. The summed E-state index contributed by atoms with van der Waals surface area (Å²) < 4.78 is 26.2. The molecule has 0 unspecified atom stereocenters. The zero-order valence-corrected chi connectivity index (χ0v) is 14.9. The molecule has 0 saturated carbocycles. The summed E-state index contributed by atoms with van der Waals surface area (Å²) in [5.41, 5.74) is 7.56. The number of aromatic nitrogens is 1. The third-order valence-electron chi connectivity index (χ3n) is 2.07. The summed E-state index contributed by atoms with van der Waals surface area (Å²) >= 11 is 0. The van der Waals surface area contributed by atoms with Crippen LogP contribution in [0.3, 0.4) is 0 Å². The maximum absolute atomic E-state index is 11.9. The average molecular weight is 475 g/mol. The molecule has 1 aromatic heterocycles. The Morgan fingerprint density at radius 2 is 1.72 bits per heavy atom. The number of benzene rings is 1. The summed E-state index contributed by atoms with van der Waals surface area (Å²) in [5, 5.41) is 0. The minimum absolute atomic E-state index is 0. The largest absolute Gasteiger partial charge is 0.699 e. The summed E-state index contributed by atoms with van der Waals surface area (Å²) in [6, 6.07) is 10.6. The Labute approximate surface area is 141 Å². The van der Waals surface area contributed by atoms with Crippen LogP contribution in [0, 0.1) is 44.1 Å². The normalized spacial score (nSPS) is 10.4. The Balaban J connectivity index is 0.00000162. The molecule has 7 heteroatoms. The molecule has 0 aliphatic carbocycles. The Hall–Kier alpha value is -0.638. The van der Waals surface area contributed by atoms with Gasteiger partial charge in [-0.05, 0) is 24.3 Å². The van der Waals surface area contributed by atoms with E-state index >= 15 is 0 Å². The summed E-state index contributed by atoms with van der Waals surface area (Å²) in [4.78, 5) is 3.99. The Morgan fingerprint density at radius 3 is 2.28 bits per heavy atom. The van der Waals surface area contributed by atoms with Crippen molar-refractivity contribution in [1.29, 1.82) is 0 Å². The van der Waals surface area contributed by atoms with Crippen molar-refractivity contribution in [2.75, 3.05) is 4.72 Å². The van der Waals surface area contributed by atoms with Crippen LogP contribution in [0.15, 0.2) is 53.6 Å². The van der Waals surface area contributed by atoms with Crippen molar-refractivity contribution in [1.82, 2.24) is 4.98 Å². The number of sulfonamides is 1. The fourth-order valence-electron chi connectivity index (χ4n) is 1.25. The van der Waals surface area contributed by atoms with Crippen LogP contribution in [-0.4, -0.2) is 13.4 Å². The monoisotopic (exact) mass is 475 g/mol. The maximum atomic E-state index is 11.9. The first-order chi connectivity index (χ1) is 8.08. The van der Waals surface area contributed by atoms with Gasteiger partial charge < -0.3 is 5.73 Å². The SMILES string of the molecule is [Ac].[NH-]c1ccc(S(=O)(=O)Nc2ccccn2)cc1. The molecule has 2 aromatic rings. The van der Waals surface area contributed by atoms with Crippen LogP contribution >= 0.6 is 0 Å². The van der Waals surface area contributed by atoms with E-state index in [4.69, 9.17) is 5.73 Å². The first kappa shape index (κ1) is 15.4. The van der Waals surface area contributed by atoms with Gasteiger partial charge >= 0.3 is 0 Å².